The fourth-order valence-electron chi connectivity index (χ4n) is 4.07. The van der Waals surface area contributed by atoms with Gasteiger partial charge in [-0.05, 0) is 48.9 Å². The number of hydrogen-bond donors (Lipinski definition) is 1. The van der Waals surface area contributed by atoms with E-state index in [-0.39, 0.29) is 5.91 Å². The van der Waals surface area contributed by atoms with E-state index in [1.165, 1.54) is 0 Å². The fraction of sp³-hybridized carbons (Fsp3) is 0.269. The average molecular weight is 480 g/mol. The van der Waals surface area contributed by atoms with Gasteiger partial charge in [0.25, 0.3) is 5.91 Å². The SMILES string of the molecule is COc1ccccc1NS(=O)c1cccc(C(=O)N2CCCN(c3ccccc3OC)CC2)c1. The Morgan fingerprint density at radius 2 is 1.59 bits per heavy atom. The van der Waals surface area contributed by atoms with Crippen molar-refractivity contribution in [3.05, 3.63) is 78.4 Å². The predicted molar refractivity (Wildman–Crippen MR) is 135 cm³/mol. The summed E-state index contributed by atoms with van der Waals surface area (Å²) in [5, 5.41) is 0. The first-order valence-corrected chi connectivity index (χ1v) is 12.3. The minimum Gasteiger partial charge on any atom is -0.495 e. The molecule has 3 aromatic rings. The fourth-order valence-corrected chi connectivity index (χ4v) is 4.99. The number of rotatable bonds is 7. The summed E-state index contributed by atoms with van der Waals surface area (Å²) in [5.41, 5.74) is 2.20. The summed E-state index contributed by atoms with van der Waals surface area (Å²) in [6.45, 7) is 2.82. The Bertz CT molecular complexity index is 1170. The number of amides is 1. The molecule has 1 N–H and O–H groups in total. The van der Waals surface area contributed by atoms with Crippen molar-refractivity contribution in [2.75, 3.05) is 50.0 Å². The molecule has 0 bridgehead atoms. The van der Waals surface area contributed by atoms with Crippen LogP contribution in [0.2, 0.25) is 0 Å². The van der Waals surface area contributed by atoms with Gasteiger partial charge >= 0.3 is 0 Å². The molecule has 0 aromatic heterocycles. The standard InChI is InChI=1S/C26H29N3O4S/c1-32-24-13-5-3-11-22(24)27-34(31)21-10-7-9-20(19-21)26(30)29-16-8-15-28(17-18-29)23-12-4-6-14-25(23)33-2/h3-7,9-14,19,27H,8,15-18H2,1-2H3. The molecular formula is C26H29N3O4S. The first-order valence-electron chi connectivity index (χ1n) is 11.2. The Balaban J connectivity index is 1.45. The van der Waals surface area contributed by atoms with Gasteiger partial charge in [-0.2, -0.15) is 0 Å². The number of anilines is 2. The van der Waals surface area contributed by atoms with Gasteiger partial charge in [0.05, 0.1) is 30.5 Å². The molecule has 1 saturated heterocycles. The topological polar surface area (TPSA) is 71.1 Å². The van der Waals surface area contributed by atoms with Crippen LogP contribution in [0, 0.1) is 0 Å². The van der Waals surface area contributed by atoms with Gasteiger partial charge in [0.1, 0.15) is 22.5 Å². The minimum atomic E-state index is -1.54. The molecule has 1 heterocycles. The molecule has 0 saturated carbocycles. The smallest absolute Gasteiger partial charge is 0.253 e. The van der Waals surface area contributed by atoms with E-state index < -0.39 is 11.0 Å². The van der Waals surface area contributed by atoms with Gasteiger partial charge in [-0.1, -0.05) is 30.3 Å². The van der Waals surface area contributed by atoms with Gasteiger partial charge in [-0.15, -0.1) is 0 Å². The zero-order valence-electron chi connectivity index (χ0n) is 19.4. The maximum absolute atomic E-state index is 13.3. The third-order valence-corrected chi connectivity index (χ3v) is 6.90. The van der Waals surface area contributed by atoms with E-state index in [1.807, 2.05) is 41.3 Å². The summed E-state index contributed by atoms with van der Waals surface area (Å²) in [7, 11) is 1.70. The highest BCUT2D eigenvalue weighted by molar-refractivity contribution is 7.86. The number of carbonyl (C=O) groups is 1. The molecule has 0 spiro atoms. The molecule has 8 heteroatoms. The van der Waals surface area contributed by atoms with Crippen molar-refractivity contribution in [3.63, 3.8) is 0 Å². The molecule has 1 aliphatic heterocycles. The van der Waals surface area contributed by atoms with Crippen molar-refractivity contribution in [1.82, 2.24) is 4.90 Å². The molecular weight excluding hydrogens is 450 g/mol. The molecule has 3 aromatic carbocycles. The summed E-state index contributed by atoms with van der Waals surface area (Å²) in [5.74, 6) is 1.38. The quantitative estimate of drug-likeness (QED) is 0.550. The molecule has 4 rings (SSSR count). The summed E-state index contributed by atoms with van der Waals surface area (Å²) in [4.78, 5) is 18.0. The lowest BCUT2D eigenvalue weighted by Crippen LogP contribution is -2.35. The van der Waals surface area contributed by atoms with E-state index in [2.05, 4.69) is 9.62 Å². The van der Waals surface area contributed by atoms with Crippen LogP contribution in [0.5, 0.6) is 11.5 Å². The van der Waals surface area contributed by atoms with Gasteiger partial charge < -0.3 is 19.3 Å². The van der Waals surface area contributed by atoms with E-state index in [9.17, 15) is 9.00 Å². The minimum absolute atomic E-state index is 0.0574. The van der Waals surface area contributed by atoms with E-state index in [1.54, 1.807) is 50.6 Å². The van der Waals surface area contributed by atoms with Crippen LogP contribution in [0.15, 0.2) is 77.7 Å². The lowest BCUT2D eigenvalue weighted by molar-refractivity contribution is 0.0767. The van der Waals surface area contributed by atoms with Crippen molar-refractivity contribution in [1.29, 1.82) is 0 Å². The molecule has 1 unspecified atom stereocenters. The van der Waals surface area contributed by atoms with Crippen LogP contribution in [-0.4, -0.2) is 55.4 Å². The Morgan fingerprint density at radius 1 is 0.853 bits per heavy atom. The van der Waals surface area contributed by atoms with Gasteiger partial charge in [-0.25, -0.2) is 4.21 Å². The van der Waals surface area contributed by atoms with Crippen molar-refractivity contribution in [3.8, 4) is 11.5 Å². The third kappa shape index (κ3) is 5.34. The number of para-hydroxylation sites is 4. The molecule has 178 valence electrons. The van der Waals surface area contributed by atoms with Gasteiger partial charge in [-0.3, -0.25) is 9.52 Å². The maximum Gasteiger partial charge on any atom is 0.253 e. The number of benzene rings is 3. The highest BCUT2D eigenvalue weighted by Gasteiger charge is 2.22. The van der Waals surface area contributed by atoms with Crippen LogP contribution in [0.1, 0.15) is 16.8 Å². The van der Waals surface area contributed by atoms with Crippen molar-refractivity contribution >= 4 is 28.3 Å². The van der Waals surface area contributed by atoms with E-state index in [0.717, 1.165) is 24.4 Å². The molecule has 0 radical (unpaired) electrons. The number of carbonyl (C=O) groups excluding carboxylic acids is 1. The van der Waals surface area contributed by atoms with Gasteiger partial charge in [0, 0.05) is 31.7 Å². The van der Waals surface area contributed by atoms with E-state index in [4.69, 9.17) is 9.47 Å². The molecule has 7 nitrogen and oxygen atoms in total. The van der Waals surface area contributed by atoms with Crippen LogP contribution in [0.3, 0.4) is 0 Å². The van der Waals surface area contributed by atoms with Crippen LogP contribution < -0.4 is 19.1 Å². The highest BCUT2D eigenvalue weighted by Crippen LogP contribution is 2.29. The van der Waals surface area contributed by atoms with Gasteiger partial charge in [0.15, 0.2) is 0 Å². The van der Waals surface area contributed by atoms with Crippen LogP contribution in [0.4, 0.5) is 11.4 Å². The zero-order valence-corrected chi connectivity index (χ0v) is 20.2. The highest BCUT2D eigenvalue weighted by atomic mass is 32.2. The van der Waals surface area contributed by atoms with Crippen molar-refractivity contribution < 1.29 is 18.5 Å². The Labute approximate surface area is 202 Å². The zero-order chi connectivity index (χ0) is 23.9. The van der Waals surface area contributed by atoms with Gasteiger partial charge in [0.2, 0.25) is 0 Å². The summed E-state index contributed by atoms with van der Waals surface area (Å²) in [6.07, 6.45) is 0.852. The predicted octanol–water partition coefficient (Wildman–Crippen LogP) is 4.19. The number of nitrogens with one attached hydrogen (secondary N) is 1. The Morgan fingerprint density at radius 3 is 2.38 bits per heavy atom. The third-order valence-electron chi connectivity index (χ3n) is 5.81. The van der Waals surface area contributed by atoms with Crippen LogP contribution in [-0.2, 0) is 11.0 Å². The van der Waals surface area contributed by atoms with Crippen molar-refractivity contribution in [2.24, 2.45) is 0 Å². The second-order valence-electron chi connectivity index (χ2n) is 7.90. The van der Waals surface area contributed by atoms with E-state index in [0.29, 0.717) is 41.5 Å². The largest absolute Gasteiger partial charge is 0.495 e. The molecule has 1 fully saturated rings. The van der Waals surface area contributed by atoms with Crippen LogP contribution >= 0.6 is 0 Å². The molecule has 1 aliphatic rings. The molecule has 1 atom stereocenters. The van der Waals surface area contributed by atoms with Crippen LogP contribution in [0.25, 0.3) is 0 Å². The molecule has 0 aliphatic carbocycles. The second kappa shape index (κ2) is 11.1. The number of hydrogen-bond acceptors (Lipinski definition) is 5. The summed E-state index contributed by atoms with van der Waals surface area (Å²) in [6, 6.07) is 22.2. The maximum atomic E-state index is 13.3. The Kier molecular flexibility index (Phi) is 7.69. The first kappa shape index (κ1) is 23.6. The van der Waals surface area contributed by atoms with Crippen molar-refractivity contribution in [2.45, 2.75) is 11.3 Å². The monoisotopic (exact) mass is 479 g/mol. The summed E-state index contributed by atoms with van der Waals surface area (Å²) >= 11 is 0. The number of nitrogens with zero attached hydrogens (tertiary/aromatic N) is 2. The first-order chi connectivity index (χ1) is 16.6. The average Bonchev–Trinajstić information content (AvgIpc) is 3.15. The number of ether oxygens (including phenoxy) is 2. The normalized spacial score (nSPS) is 14.8. The lowest BCUT2D eigenvalue weighted by atomic mass is 10.2. The second-order valence-corrected chi connectivity index (χ2v) is 9.12. The summed E-state index contributed by atoms with van der Waals surface area (Å²) < 4.78 is 26.8. The lowest BCUT2D eigenvalue weighted by Gasteiger charge is -2.25. The number of methoxy groups -OCH3 is 2. The Hall–Kier alpha value is -3.52. The molecule has 34 heavy (non-hydrogen) atoms. The van der Waals surface area contributed by atoms with E-state index >= 15 is 0 Å². The molecule has 1 amide bonds.